The number of nitrogens with zero attached hydrogens (tertiary/aromatic N) is 1. The minimum Gasteiger partial charge on any atom is -0.372 e. The average Bonchev–Trinajstić information content (AvgIpc) is 2.63. The van der Waals surface area contributed by atoms with Crippen LogP contribution in [0.25, 0.3) is 0 Å². The normalized spacial score (nSPS) is 29.4. The van der Waals surface area contributed by atoms with E-state index in [0.717, 1.165) is 5.56 Å². The van der Waals surface area contributed by atoms with Gasteiger partial charge < -0.3 is 20.4 Å². The van der Waals surface area contributed by atoms with Crippen molar-refractivity contribution in [1.29, 1.82) is 0 Å². The first-order valence-electron chi connectivity index (χ1n) is 6.58. The number of carbonyl (C=O) groups is 2. The van der Waals surface area contributed by atoms with Gasteiger partial charge in [-0.1, -0.05) is 17.7 Å². The molecule has 2 heterocycles. The molecule has 0 bridgehead atoms. The molecule has 0 radical (unpaired) electrons. The summed E-state index contributed by atoms with van der Waals surface area (Å²) in [6.45, 7) is 1.87. The molecule has 2 amide bonds. The van der Waals surface area contributed by atoms with Crippen molar-refractivity contribution in [2.75, 3.05) is 0 Å². The molecule has 1 aromatic rings. The van der Waals surface area contributed by atoms with E-state index in [1.807, 2.05) is 13.0 Å². The fraction of sp³-hybridized carbons (Fsp3) is 0.429. The fourth-order valence-corrected chi connectivity index (χ4v) is 2.87. The van der Waals surface area contributed by atoms with Crippen molar-refractivity contribution in [3.05, 3.63) is 34.9 Å². The number of aliphatic hydroxyl groups excluding tert-OH is 2. The molecule has 2 unspecified atom stereocenters. The van der Waals surface area contributed by atoms with E-state index >= 15 is 0 Å². The summed E-state index contributed by atoms with van der Waals surface area (Å²) in [6, 6.07) is 4.68. The number of nitrogens with one attached hydrogen (secondary N) is 1. The number of rotatable bonds is 1. The zero-order valence-corrected chi connectivity index (χ0v) is 11.0. The Morgan fingerprint density at radius 3 is 2.75 bits per heavy atom. The molecular formula is C14H16N2O4. The molecule has 0 aliphatic carbocycles. The SMILES string of the molecule is Cc1ccc2c(c1)C(=O)N([C@H]1CCC(=O)NC1O)C2O. The van der Waals surface area contributed by atoms with Crippen LogP contribution in [0, 0.1) is 6.92 Å². The van der Waals surface area contributed by atoms with Crippen LogP contribution in [0.1, 0.15) is 40.6 Å². The molecule has 0 spiro atoms. The molecule has 2 aliphatic heterocycles. The Morgan fingerprint density at radius 2 is 2.05 bits per heavy atom. The average molecular weight is 276 g/mol. The van der Waals surface area contributed by atoms with Gasteiger partial charge in [0.2, 0.25) is 5.91 Å². The summed E-state index contributed by atoms with van der Waals surface area (Å²) >= 11 is 0. The number of hydrogen-bond acceptors (Lipinski definition) is 4. The third-order valence-electron chi connectivity index (χ3n) is 3.91. The van der Waals surface area contributed by atoms with Crippen molar-refractivity contribution in [3.8, 4) is 0 Å². The van der Waals surface area contributed by atoms with Crippen molar-refractivity contribution >= 4 is 11.8 Å². The third-order valence-corrected chi connectivity index (χ3v) is 3.91. The van der Waals surface area contributed by atoms with Gasteiger partial charge in [0.15, 0.2) is 6.23 Å². The molecule has 3 atom stereocenters. The summed E-state index contributed by atoms with van der Waals surface area (Å²) in [5.74, 6) is -0.556. The molecule has 1 fully saturated rings. The van der Waals surface area contributed by atoms with Gasteiger partial charge in [0.1, 0.15) is 6.23 Å². The zero-order chi connectivity index (χ0) is 14.4. The molecule has 1 saturated heterocycles. The molecule has 6 heteroatoms. The maximum atomic E-state index is 12.4. The van der Waals surface area contributed by atoms with Gasteiger partial charge in [-0.25, -0.2) is 0 Å². The summed E-state index contributed by atoms with van der Waals surface area (Å²) in [7, 11) is 0. The number of benzene rings is 1. The number of aryl methyl sites for hydroxylation is 1. The fourth-order valence-electron chi connectivity index (χ4n) is 2.87. The molecule has 3 N–H and O–H groups in total. The van der Waals surface area contributed by atoms with Crippen LogP contribution >= 0.6 is 0 Å². The van der Waals surface area contributed by atoms with E-state index < -0.39 is 18.5 Å². The smallest absolute Gasteiger partial charge is 0.257 e. The predicted octanol–water partition coefficient (Wildman–Crippen LogP) is 0.0387. The van der Waals surface area contributed by atoms with E-state index in [2.05, 4.69) is 5.32 Å². The van der Waals surface area contributed by atoms with E-state index in [1.165, 1.54) is 4.90 Å². The Balaban J connectivity index is 1.93. The topological polar surface area (TPSA) is 89.9 Å². The molecule has 6 nitrogen and oxygen atoms in total. The number of piperidine rings is 1. The minimum atomic E-state index is -1.15. The van der Waals surface area contributed by atoms with Crippen LogP contribution < -0.4 is 5.32 Å². The first-order chi connectivity index (χ1) is 9.49. The second-order valence-electron chi connectivity index (χ2n) is 5.30. The number of amides is 2. The lowest BCUT2D eigenvalue weighted by atomic mass is 10.0. The second kappa shape index (κ2) is 4.57. The Bertz CT molecular complexity index is 587. The quantitative estimate of drug-likeness (QED) is 0.675. The lowest BCUT2D eigenvalue weighted by Gasteiger charge is -2.37. The molecule has 3 rings (SSSR count). The molecule has 1 aromatic carbocycles. The van der Waals surface area contributed by atoms with Crippen molar-refractivity contribution in [2.24, 2.45) is 0 Å². The Morgan fingerprint density at radius 1 is 1.30 bits per heavy atom. The second-order valence-corrected chi connectivity index (χ2v) is 5.30. The number of fused-ring (bicyclic) bond motifs is 1. The highest BCUT2D eigenvalue weighted by atomic mass is 16.3. The van der Waals surface area contributed by atoms with Gasteiger partial charge in [0.25, 0.3) is 5.91 Å². The van der Waals surface area contributed by atoms with Gasteiger partial charge >= 0.3 is 0 Å². The lowest BCUT2D eigenvalue weighted by molar-refractivity contribution is -0.132. The summed E-state index contributed by atoms with van der Waals surface area (Å²) in [5, 5.41) is 22.6. The summed E-state index contributed by atoms with van der Waals surface area (Å²) < 4.78 is 0. The minimum absolute atomic E-state index is 0.230. The van der Waals surface area contributed by atoms with Gasteiger partial charge in [-0.05, 0) is 19.4 Å². The number of carbonyl (C=O) groups excluding carboxylic acids is 2. The van der Waals surface area contributed by atoms with E-state index in [-0.39, 0.29) is 18.2 Å². The highest BCUT2D eigenvalue weighted by Crippen LogP contribution is 2.36. The highest BCUT2D eigenvalue weighted by Gasteiger charge is 2.44. The standard InChI is InChI=1S/C14H16N2O4/c1-7-2-3-8-9(6-7)14(20)16(13(8)19)10-4-5-11(17)15-12(10)18/h2-3,6,10,12-13,18-19H,4-5H2,1H3,(H,15,17)/t10-,12?,13?/m0/s1. The first kappa shape index (κ1) is 13.1. The van der Waals surface area contributed by atoms with Crippen LogP contribution in [-0.2, 0) is 4.79 Å². The Hall–Kier alpha value is -1.92. The van der Waals surface area contributed by atoms with Crippen LogP contribution in [0.5, 0.6) is 0 Å². The van der Waals surface area contributed by atoms with Crippen molar-refractivity contribution in [3.63, 3.8) is 0 Å². The van der Waals surface area contributed by atoms with E-state index in [0.29, 0.717) is 17.5 Å². The maximum absolute atomic E-state index is 12.4. The molecular weight excluding hydrogens is 260 g/mol. The van der Waals surface area contributed by atoms with Crippen LogP contribution in [0.15, 0.2) is 18.2 Å². The van der Waals surface area contributed by atoms with Gasteiger partial charge in [-0.2, -0.15) is 0 Å². The first-order valence-corrected chi connectivity index (χ1v) is 6.58. The van der Waals surface area contributed by atoms with Gasteiger partial charge in [-0.3, -0.25) is 9.59 Å². The largest absolute Gasteiger partial charge is 0.372 e. The summed E-state index contributed by atoms with van der Waals surface area (Å²) in [5.41, 5.74) is 1.94. The van der Waals surface area contributed by atoms with Gasteiger partial charge in [0.05, 0.1) is 6.04 Å². The van der Waals surface area contributed by atoms with Crippen LogP contribution in [0.3, 0.4) is 0 Å². The summed E-state index contributed by atoms with van der Waals surface area (Å²) in [4.78, 5) is 24.9. The highest BCUT2D eigenvalue weighted by molar-refractivity contribution is 5.99. The molecule has 2 aliphatic rings. The predicted molar refractivity (Wildman–Crippen MR) is 69.5 cm³/mol. The van der Waals surface area contributed by atoms with E-state index in [9.17, 15) is 19.8 Å². The van der Waals surface area contributed by atoms with E-state index in [1.54, 1.807) is 12.1 Å². The van der Waals surface area contributed by atoms with E-state index in [4.69, 9.17) is 0 Å². The maximum Gasteiger partial charge on any atom is 0.257 e. The number of aliphatic hydroxyl groups is 2. The van der Waals surface area contributed by atoms with Crippen molar-refractivity contribution in [1.82, 2.24) is 10.2 Å². The molecule has 106 valence electrons. The number of hydrogen-bond donors (Lipinski definition) is 3. The zero-order valence-electron chi connectivity index (χ0n) is 11.0. The van der Waals surface area contributed by atoms with Crippen LogP contribution in [0.2, 0.25) is 0 Å². The Kier molecular flexibility index (Phi) is 2.99. The molecule has 0 saturated carbocycles. The van der Waals surface area contributed by atoms with Gasteiger partial charge in [-0.15, -0.1) is 0 Å². The Labute approximate surface area is 116 Å². The third kappa shape index (κ3) is 1.88. The van der Waals surface area contributed by atoms with Gasteiger partial charge in [0, 0.05) is 17.5 Å². The monoisotopic (exact) mass is 276 g/mol. The van der Waals surface area contributed by atoms with Crippen molar-refractivity contribution < 1.29 is 19.8 Å². The van der Waals surface area contributed by atoms with Crippen molar-refractivity contribution in [2.45, 2.75) is 38.3 Å². The van der Waals surface area contributed by atoms with Crippen LogP contribution in [-0.4, -0.2) is 39.2 Å². The summed E-state index contributed by atoms with van der Waals surface area (Å²) in [6.07, 6.45) is -1.66. The van der Waals surface area contributed by atoms with Crippen LogP contribution in [0.4, 0.5) is 0 Å². The lowest BCUT2D eigenvalue weighted by Crippen LogP contribution is -2.56. The molecule has 20 heavy (non-hydrogen) atoms. The molecule has 0 aromatic heterocycles.